The Morgan fingerprint density at radius 1 is 1.17 bits per heavy atom. The minimum absolute atomic E-state index is 0.232. The second kappa shape index (κ2) is 4.54. The number of nitrogens with one attached hydrogen (secondary N) is 1. The van der Waals surface area contributed by atoms with Crippen molar-refractivity contribution in [2.24, 2.45) is 0 Å². The highest BCUT2D eigenvalue weighted by molar-refractivity contribution is 6.33. The second-order valence-electron chi connectivity index (χ2n) is 4.42. The molecule has 0 bridgehead atoms. The van der Waals surface area contributed by atoms with Crippen LogP contribution in [0.2, 0.25) is 5.02 Å². The van der Waals surface area contributed by atoms with Crippen LogP contribution in [-0.4, -0.2) is 7.11 Å². The third-order valence-electron chi connectivity index (χ3n) is 3.36. The topological polar surface area (TPSA) is 21.3 Å². The van der Waals surface area contributed by atoms with Gasteiger partial charge in [0.1, 0.15) is 5.75 Å². The predicted octanol–water partition coefficient (Wildman–Crippen LogP) is 4.06. The molecule has 0 aromatic heterocycles. The van der Waals surface area contributed by atoms with Crippen LogP contribution in [0.4, 0.5) is 5.69 Å². The fourth-order valence-corrected chi connectivity index (χ4v) is 2.74. The molecule has 1 N–H and O–H groups in total. The van der Waals surface area contributed by atoms with Gasteiger partial charge in [0.15, 0.2) is 0 Å². The second-order valence-corrected chi connectivity index (χ2v) is 4.82. The molecule has 2 aromatic carbocycles. The van der Waals surface area contributed by atoms with E-state index in [1.807, 2.05) is 30.3 Å². The highest BCUT2D eigenvalue weighted by Gasteiger charge is 2.25. The molecule has 0 saturated heterocycles. The number of ether oxygens (including phenoxy) is 1. The van der Waals surface area contributed by atoms with Crippen LogP contribution in [0.3, 0.4) is 0 Å². The largest absolute Gasteiger partial charge is 0.496 e. The molecule has 1 aliphatic heterocycles. The molecule has 3 rings (SSSR count). The summed E-state index contributed by atoms with van der Waals surface area (Å²) < 4.78 is 5.41. The van der Waals surface area contributed by atoms with Crippen LogP contribution in [0.25, 0.3) is 0 Å². The number of rotatable bonds is 2. The van der Waals surface area contributed by atoms with Crippen LogP contribution in [0, 0.1) is 0 Å². The Kier molecular flexibility index (Phi) is 2.88. The molecule has 0 spiro atoms. The van der Waals surface area contributed by atoms with Crippen molar-refractivity contribution >= 4 is 17.3 Å². The van der Waals surface area contributed by atoms with Crippen LogP contribution < -0.4 is 10.1 Å². The number of hydrogen-bond acceptors (Lipinski definition) is 2. The number of anilines is 1. The third kappa shape index (κ3) is 1.83. The van der Waals surface area contributed by atoms with Crippen molar-refractivity contribution in [1.29, 1.82) is 0 Å². The molecule has 2 aromatic rings. The summed E-state index contributed by atoms with van der Waals surface area (Å²) in [5.41, 5.74) is 3.49. The van der Waals surface area contributed by atoms with Gasteiger partial charge in [0.2, 0.25) is 0 Å². The summed E-state index contributed by atoms with van der Waals surface area (Å²) in [5.74, 6) is 0.916. The van der Waals surface area contributed by atoms with Gasteiger partial charge in [0, 0.05) is 5.56 Å². The van der Waals surface area contributed by atoms with E-state index in [0.717, 1.165) is 22.9 Å². The molecule has 1 atom stereocenters. The maximum atomic E-state index is 6.20. The van der Waals surface area contributed by atoms with Gasteiger partial charge < -0.3 is 10.1 Å². The molecule has 0 saturated carbocycles. The van der Waals surface area contributed by atoms with Crippen molar-refractivity contribution in [3.8, 4) is 5.75 Å². The zero-order valence-electron chi connectivity index (χ0n) is 10.1. The van der Waals surface area contributed by atoms with Crippen molar-refractivity contribution < 1.29 is 4.74 Å². The van der Waals surface area contributed by atoms with Gasteiger partial charge in [0.05, 0.1) is 23.9 Å². The van der Waals surface area contributed by atoms with E-state index >= 15 is 0 Å². The lowest BCUT2D eigenvalue weighted by Crippen LogP contribution is -2.07. The Bertz CT molecular complexity index is 582. The zero-order valence-corrected chi connectivity index (χ0v) is 10.9. The first-order valence-electron chi connectivity index (χ1n) is 5.96. The first-order valence-corrected chi connectivity index (χ1v) is 6.34. The molecule has 1 aliphatic rings. The first-order chi connectivity index (χ1) is 8.79. The molecular weight excluding hydrogens is 246 g/mol. The maximum absolute atomic E-state index is 6.20. The summed E-state index contributed by atoms with van der Waals surface area (Å²) in [6, 6.07) is 14.4. The molecule has 0 aliphatic carbocycles. The fraction of sp³-hybridized carbons (Fsp3) is 0.200. The number of para-hydroxylation sites is 2. The number of methoxy groups -OCH3 is 1. The number of benzene rings is 2. The van der Waals surface area contributed by atoms with Crippen molar-refractivity contribution in [2.75, 3.05) is 12.4 Å². The monoisotopic (exact) mass is 259 g/mol. The summed E-state index contributed by atoms with van der Waals surface area (Å²) in [6.07, 6.45) is 0.941. The van der Waals surface area contributed by atoms with Crippen molar-refractivity contribution in [1.82, 2.24) is 0 Å². The van der Waals surface area contributed by atoms with E-state index in [1.54, 1.807) is 7.11 Å². The average molecular weight is 260 g/mol. The first kappa shape index (κ1) is 11.4. The molecule has 1 heterocycles. The maximum Gasteiger partial charge on any atom is 0.124 e. The van der Waals surface area contributed by atoms with E-state index < -0.39 is 0 Å². The predicted molar refractivity (Wildman–Crippen MR) is 74.5 cm³/mol. The lowest BCUT2D eigenvalue weighted by Gasteiger charge is -2.15. The average Bonchev–Trinajstić information content (AvgIpc) is 2.84. The Morgan fingerprint density at radius 2 is 2.00 bits per heavy atom. The Balaban J connectivity index is 1.96. The molecule has 18 heavy (non-hydrogen) atoms. The SMILES string of the molecule is COc1ccccc1C1Cc2cccc(Cl)c2N1. The van der Waals surface area contributed by atoms with Crippen molar-refractivity contribution in [3.63, 3.8) is 0 Å². The van der Waals surface area contributed by atoms with Crippen LogP contribution in [-0.2, 0) is 6.42 Å². The molecule has 92 valence electrons. The van der Waals surface area contributed by atoms with E-state index in [4.69, 9.17) is 16.3 Å². The summed E-state index contributed by atoms with van der Waals surface area (Å²) in [6.45, 7) is 0. The third-order valence-corrected chi connectivity index (χ3v) is 3.67. The zero-order chi connectivity index (χ0) is 12.5. The fourth-order valence-electron chi connectivity index (χ4n) is 2.49. The van der Waals surface area contributed by atoms with Gasteiger partial charge in [0.25, 0.3) is 0 Å². The Morgan fingerprint density at radius 3 is 2.78 bits per heavy atom. The summed E-state index contributed by atoms with van der Waals surface area (Å²) in [4.78, 5) is 0. The van der Waals surface area contributed by atoms with Gasteiger partial charge >= 0.3 is 0 Å². The Hall–Kier alpha value is -1.67. The quantitative estimate of drug-likeness (QED) is 0.878. The molecule has 2 nitrogen and oxygen atoms in total. The van der Waals surface area contributed by atoms with Gasteiger partial charge in [-0.25, -0.2) is 0 Å². The van der Waals surface area contributed by atoms with E-state index in [2.05, 4.69) is 17.4 Å². The smallest absolute Gasteiger partial charge is 0.124 e. The van der Waals surface area contributed by atoms with Crippen molar-refractivity contribution in [2.45, 2.75) is 12.5 Å². The Labute approximate surface area is 112 Å². The van der Waals surface area contributed by atoms with Gasteiger partial charge in [-0.05, 0) is 24.1 Å². The van der Waals surface area contributed by atoms with Gasteiger partial charge in [-0.1, -0.05) is 41.9 Å². The van der Waals surface area contributed by atoms with Crippen LogP contribution in [0.5, 0.6) is 5.75 Å². The minimum Gasteiger partial charge on any atom is -0.496 e. The van der Waals surface area contributed by atoms with E-state index in [9.17, 15) is 0 Å². The highest BCUT2D eigenvalue weighted by atomic mass is 35.5. The van der Waals surface area contributed by atoms with Gasteiger partial charge in [-0.2, -0.15) is 0 Å². The number of hydrogen-bond donors (Lipinski definition) is 1. The lowest BCUT2D eigenvalue weighted by molar-refractivity contribution is 0.407. The summed E-state index contributed by atoms with van der Waals surface area (Å²) in [7, 11) is 1.70. The van der Waals surface area contributed by atoms with Crippen molar-refractivity contribution in [3.05, 3.63) is 58.6 Å². The van der Waals surface area contributed by atoms with Crippen LogP contribution >= 0.6 is 11.6 Å². The molecule has 0 fully saturated rings. The molecular formula is C15H14ClNO. The summed E-state index contributed by atoms with van der Waals surface area (Å²) >= 11 is 6.20. The number of halogens is 1. The molecule has 0 amide bonds. The van der Waals surface area contributed by atoms with Crippen LogP contribution in [0.1, 0.15) is 17.2 Å². The van der Waals surface area contributed by atoms with E-state index in [1.165, 1.54) is 11.1 Å². The molecule has 3 heteroatoms. The standard InChI is InChI=1S/C15H14ClNO/c1-18-14-8-3-2-6-11(14)13-9-10-5-4-7-12(16)15(10)17-13/h2-8,13,17H,9H2,1H3. The summed E-state index contributed by atoms with van der Waals surface area (Å²) in [5, 5.41) is 4.26. The van der Waals surface area contributed by atoms with E-state index in [0.29, 0.717) is 0 Å². The van der Waals surface area contributed by atoms with Gasteiger partial charge in [-0.15, -0.1) is 0 Å². The highest BCUT2D eigenvalue weighted by Crippen LogP contribution is 2.40. The normalized spacial score (nSPS) is 17.1. The van der Waals surface area contributed by atoms with E-state index in [-0.39, 0.29) is 6.04 Å². The molecule has 1 unspecified atom stereocenters. The minimum atomic E-state index is 0.232. The van der Waals surface area contributed by atoms with Gasteiger partial charge in [-0.3, -0.25) is 0 Å². The number of fused-ring (bicyclic) bond motifs is 1. The molecule has 0 radical (unpaired) electrons. The van der Waals surface area contributed by atoms with Crippen LogP contribution in [0.15, 0.2) is 42.5 Å². The lowest BCUT2D eigenvalue weighted by atomic mass is 10.0.